The van der Waals surface area contributed by atoms with Crippen LogP contribution in [0.25, 0.3) is 10.2 Å². The van der Waals surface area contributed by atoms with Gasteiger partial charge in [-0.25, -0.2) is 4.98 Å². The topological polar surface area (TPSA) is 54.8 Å². The van der Waals surface area contributed by atoms with E-state index in [1.165, 1.54) is 5.56 Å². The van der Waals surface area contributed by atoms with E-state index in [0.717, 1.165) is 64.1 Å². The number of aliphatic hydroxyl groups excluding tert-OH is 1. The summed E-state index contributed by atoms with van der Waals surface area (Å²) in [7, 11) is 0. The van der Waals surface area contributed by atoms with Gasteiger partial charge >= 0.3 is 0 Å². The predicted octanol–water partition coefficient (Wildman–Crippen LogP) is 4.47. The van der Waals surface area contributed by atoms with Gasteiger partial charge in [0.1, 0.15) is 35.3 Å². The third-order valence-corrected chi connectivity index (χ3v) is 7.19. The summed E-state index contributed by atoms with van der Waals surface area (Å²) in [4.78, 5) is 6.85. The maximum Gasteiger partial charge on any atom is 0.146 e. The number of fused-ring (bicyclic) bond motifs is 2. The van der Waals surface area contributed by atoms with Gasteiger partial charge in [0.05, 0.1) is 9.71 Å². The van der Waals surface area contributed by atoms with Crippen molar-refractivity contribution in [3.8, 4) is 11.5 Å². The summed E-state index contributed by atoms with van der Waals surface area (Å²) in [5, 5.41) is 12.3. The number of piperidine rings is 1. The molecule has 0 radical (unpaired) electrons. The van der Waals surface area contributed by atoms with E-state index < -0.39 is 6.10 Å². The molecule has 1 fully saturated rings. The average molecular weight is 445 g/mol. The van der Waals surface area contributed by atoms with Gasteiger partial charge in [-0.2, -0.15) is 0 Å². The van der Waals surface area contributed by atoms with Crippen molar-refractivity contribution >= 4 is 33.2 Å². The summed E-state index contributed by atoms with van der Waals surface area (Å²) >= 11 is 7.79. The highest BCUT2D eigenvalue weighted by Crippen LogP contribution is 2.42. The molecule has 3 aromatic rings. The molecule has 2 aliphatic rings. The number of halogens is 1. The number of likely N-dealkylation sites (tertiary alicyclic amines) is 1. The number of β-amino-alcohol motifs (C(OH)–C–C–N with tert-alkyl or cyclic N) is 1. The first-order valence-corrected chi connectivity index (χ1v) is 11.6. The molecule has 1 saturated heterocycles. The fourth-order valence-corrected chi connectivity index (χ4v) is 5.55. The Morgan fingerprint density at radius 2 is 2.13 bits per heavy atom. The molecule has 3 heterocycles. The van der Waals surface area contributed by atoms with Crippen molar-refractivity contribution in [3.05, 3.63) is 52.0 Å². The van der Waals surface area contributed by atoms with Gasteiger partial charge in [-0.1, -0.05) is 17.7 Å². The molecule has 2 aromatic carbocycles. The fourth-order valence-electron chi connectivity index (χ4n) is 4.51. The van der Waals surface area contributed by atoms with Crippen molar-refractivity contribution in [3.63, 3.8) is 0 Å². The lowest BCUT2D eigenvalue weighted by atomic mass is 9.87. The molecular weight excluding hydrogens is 420 g/mol. The molecule has 2 aliphatic heterocycles. The second-order valence-electron chi connectivity index (χ2n) is 8.32. The number of aryl methyl sites for hydroxylation is 1. The molecule has 30 heavy (non-hydrogen) atoms. The van der Waals surface area contributed by atoms with E-state index >= 15 is 0 Å². The number of aromatic nitrogens is 1. The zero-order valence-corrected chi connectivity index (χ0v) is 18.5. The highest BCUT2D eigenvalue weighted by Gasteiger charge is 2.42. The summed E-state index contributed by atoms with van der Waals surface area (Å²) in [6.07, 6.45) is 2.27. The highest BCUT2D eigenvalue weighted by atomic mass is 35.5. The molecule has 7 heteroatoms. The van der Waals surface area contributed by atoms with Crippen LogP contribution in [-0.2, 0) is 6.42 Å². The quantitative estimate of drug-likeness (QED) is 0.629. The van der Waals surface area contributed by atoms with Gasteiger partial charge in [-0.15, -0.1) is 11.3 Å². The fraction of sp³-hybridized carbons (Fsp3) is 0.435. The number of thiazole rings is 1. The second-order valence-corrected chi connectivity index (χ2v) is 9.99. The molecule has 0 amide bonds. The van der Waals surface area contributed by atoms with Crippen LogP contribution in [0.4, 0.5) is 0 Å². The van der Waals surface area contributed by atoms with E-state index in [4.69, 9.17) is 21.1 Å². The van der Waals surface area contributed by atoms with Gasteiger partial charge in [0.15, 0.2) is 0 Å². The monoisotopic (exact) mass is 444 g/mol. The summed E-state index contributed by atoms with van der Waals surface area (Å²) in [5.41, 5.74) is 1.96. The average Bonchev–Trinajstić information content (AvgIpc) is 3.27. The van der Waals surface area contributed by atoms with Gasteiger partial charge in [-0.05, 0) is 42.8 Å². The maximum absolute atomic E-state index is 10.5. The van der Waals surface area contributed by atoms with Gasteiger partial charge < -0.3 is 19.5 Å². The number of hydrogen-bond acceptors (Lipinski definition) is 6. The Morgan fingerprint density at radius 1 is 1.30 bits per heavy atom. The van der Waals surface area contributed by atoms with Crippen LogP contribution in [0.2, 0.25) is 5.02 Å². The van der Waals surface area contributed by atoms with Crippen LogP contribution in [0.3, 0.4) is 0 Å². The van der Waals surface area contributed by atoms with Crippen LogP contribution in [0, 0.1) is 6.92 Å². The molecule has 0 saturated carbocycles. The first-order valence-electron chi connectivity index (χ1n) is 10.4. The zero-order chi connectivity index (χ0) is 20.7. The molecule has 158 valence electrons. The van der Waals surface area contributed by atoms with E-state index in [9.17, 15) is 5.11 Å². The summed E-state index contributed by atoms with van der Waals surface area (Å²) in [6.45, 7) is 4.66. The minimum absolute atomic E-state index is 0.122. The number of aliphatic hydroxyl groups is 1. The summed E-state index contributed by atoms with van der Waals surface area (Å²) < 4.78 is 13.3. The van der Waals surface area contributed by atoms with Gasteiger partial charge in [0.2, 0.25) is 0 Å². The Bertz CT molecular complexity index is 1060. The predicted molar refractivity (Wildman–Crippen MR) is 120 cm³/mol. The zero-order valence-electron chi connectivity index (χ0n) is 16.9. The van der Waals surface area contributed by atoms with Crippen LogP contribution in [0.1, 0.15) is 23.4 Å². The lowest BCUT2D eigenvalue weighted by molar-refractivity contribution is -0.00187. The largest absolute Gasteiger partial charge is 0.489 e. The Balaban J connectivity index is 1.13. The van der Waals surface area contributed by atoms with Crippen molar-refractivity contribution in [1.82, 2.24) is 9.88 Å². The first-order chi connectivity index (χ1) is 14.5. The molecule has 1 atom stereocenters. The molecule has 1 spiro atoms. The van der Waals surface area contributed by atoms with Gasteiger partial charge in [0.25, 0.3) is 0 Å². The van der Waals surface area contributed by atoms with E-state index in [0.29, 0.717) is 6.54 Å². The van der Waals surface area contributed by atoms with Gasteiger partial charge in [0, 0.05) is 43.9 Å². The Morgan fingerprint density at radius 3 is 2.97 bits per heavy atom. The highest BCUT2D eigenvalue weighted by molar-refractivity contribution is 7.18. The molecule has 1 N–H and O–H groups in total. The van der Waals surface area contributed by atoms with Crippen LogP contribution in [0.15, 0.2) is 36.4 Å². The Labute approximate surface area is 185 Å². The maximum atomic E-state index is 10.5. The third kappa shape index (κ3) is 4.02. The lowest BCUT2D eigenvalue weighted by Gasteiger charge is -2.39. The number of rotatable bonds is 5. The minimum Gasteiger partial charge on any atom is -0.489 e. The Kier molecular flexibility index (Phi) is 5.35. The van der Waals surface area contributed by atoms with E-state index in [2.05, 4.69) is 9.88 Å². The smallest absolute Gasteiger partial charge is 0.146 e. The molecule has 5 nitrogen and oxygen atoms in total. The van der Waals surface area contributed by atoms with Crippen LogP contribution in [-0.4, -0.2) is 52.9 Å². The molecule has 0 bridgehead atoms. The van der Waals surface area contributed by atoms with Crippen LogP contribution >= 0.6 is 22.9 Å². The van der Waals surface area contributed by atoms with E-state index in [1.807, 2.05) is 43.3 Å². The molecule has 0 aliphatic carbocycles. The van der Waals surface area contributed by atoms with Crippen LogP contribution < -0.4 is 9.47 Å². The Hall–Kier alpha value is -1.86. The summed E-state index contributed by atoms with van der Waals surface area (Å²) in [5.74, 6) is 1.71. The standard InChI is InChI=1S/C23H25ClN2O3S/c1-15-25-22-20(3-2-4-21(22)30-15)28-14-18(27)13-26-9-7-23(8-10-26)12-16-11-17(24)5-6-19(16)29-23/h2-6,11,18,27H,7-10,12-14H2,1H3. The number of nitrogens with zero attached hydrogens (tertiary/aromatic N) is 2. The number of benzene rings is 2. The molecule has 1 aromatic heterocycles. The second kappa shape index (κ2) is 8.00. The molecule has 1 unspecified atom stereocenters. The van der Waals surface area contributed by atoms with E-state index in [1.54, 1.807) is 11.3 Å². The number of para-hydroxylation sites is 1. The molecular formula is C23H25ClN2O3S. The van der Waals surface area contributed by atoms with Crippen molar-refractivity contribution in [1.29, 1.82) is 0 Å². The lowest BCUT2D eigenvalue weighted by Crippen LogP contribution is -2.49. The van der Waals surface area contributed by atoms with Crippen LogP contribution in [0.5, 0.6) is 11.5 Å². The SMILES string of the molecule is Cc1nc2c(OCC(O)CN3CCC4(CC3)Cc3cc(Cl)ccc3O4)cccc2s1. The van der Waals surface area contributed by atoms with Crippen molar-refractivity contribution < 1.29 is 14.6 Å². The van der Waals surface area contributed by atoms with Gasteiger partial charge in [-0.3, -0.25) is 0 Å². The summed E-state index contributed by atoms with van der Waals surface area (Å²) in [6, 6.07) is 11.8. The van der Waals surface area contributed by atoms with E-state index in [-0.39, 0.29) is 12.2 Å². The number of ether oxygens (including phenoxy) is 2. The first kappa shape index (κ1) is 20.1. The normalized spacial score (nSPS) is 19.0. The minimum atomic E-state index is -0.547. The molecule has 5 rings (SSSR count). The van der Waals surface area contributed by atoms with Crippen molar-refractivity contribution in [2.24, 2.45) is 0 Å². The van der Waals surface area contributed by atoms with Crippen molar-refractivity contribution in [2.75, 3.05) is 26.2 Å². The number of hydrogen-bond donors (Lipinski definition) is 1. The van der Waals surface area contributed by atoms with Crippen molar-refractivity contribution in [2.45, 2.75) is 37.9 Å². The third-order valence-electron chi connectivity index (χ3n) is 6.02.